The van der Waals surface area contributed by atoms with Crippen LogP contribution in [-0.4, -0.2) is 68.0 Å². The van der Waals surface area contributed by atoms with Gasteiger partial charge in [-0.05, 0) is 63.6 Å². The number of ether oxygens (including phenoxy) is 1. The molecule has 4 rings (SSSR count). The van der Waals surface area contributed by atoms with Gasteiger partial charge in [0, 0.05) is 38.4 Å². The van der Waals surface area contributed by atoms with Gasteiger partial charge < -0.3 is 9.64 Å². The lowest BCUT2D eigenvalue weighted by atomic mass is 10.0. The van der Waals surface area contributed by atoms with Crippen LogP contribution < -0.4 is 0 Å². The van der Waals surface area contributed by atoms with Crippen LogP contribution in [0.15, 0.2) is 17.0 Å². The minimum absolute atomic E-state index is 0.112. The fraction of sp³-hybridized carbons (Fsp3) is 0.750. The van der Waals surface area contributed by atoms with E-state index in [-0.39, 0.29) is 22.4 Å². The summed E-state index contributed by atoms with van der Waals surface area (Å²) in [6.45, 7) is 3.75. The molecule has 2 unspecified atom stereocenters. The van der Waals surface area contributed by atoms with Crippen molar-refractivity contribution < 1.29 is 26.3 Å². The maximum atomic E-state index is 13.1. The topological polar surface area (TPSA) is 62.7 Å². The summed E-state index contributed by atoms with van der Waals surface area (Å²) >= 11 is 0. The normalized spacial score (nSPS) is 28.9. The average molecular weight is 448 g/mol. The summed E-state index contributed by atoms with van der Waals surface area (Å²) in [5.41, 5.74) is -1.18. The standard InChI is InChI=1S/C20H28F3N3O3S/c1-13-18(3-4-19(24-13)20(21,22)23)30(27,28)26-11-14-9-17(10-15(14)12-26)25(2)16-5-7-29-8-6-16/h3-4,14-17H,5-12H2,1-2H3. The van der Waals surface area contributed by atoms with Crippen LogP contribution in [0.3, 0.4) is 0 Å². The summed E-state index contributed by atoms with van der Waals surface area (Å²) < 4.78 is 71.6. The fourth-order valence-electron chi connectivity index (χ4n) is 5.26. The van der Waals surface area contributed by atoms with E-state index >= 15 is 0 Å². The van der Waals surface area contributed by atoms with E-state index in [0.29, 0.717) is 25.2 Å². The Labute approximate surface area is 175 Å². The van der Waals surface area contributed by atoms with Crippen molar-refractivity contribution in [2.24, 2.45) is 11.8 Å². The predicted molar refractivity (Wildman–Crippen MR) is 104 cm³/mol. The molecule has 2 saturated heterocycles. The summed E-state index contributed by atoms with van der Waals surface area (Å²) in [6.07, 6.45) is -0.626. The highest BCUT2D eigenvalue weighted by atomic mass is 32.2. The molecular formula is C20H28F3N3O3S. The van der Waals surface area contributed by atoms with Gasteiger partial charge in [0.25, 0.3) is 0 Å². The summed E-state index contributed by atoms with van der Waals surface area (Å²) in [5.74, 6) is 0.574. The second kappa shape index (κ2) is 8.03. The second-order valence-electron chi connectivity index (χ2n) is 8.75. The molecule has 2 atom stereocenters. The first-order valence-electron chi connectivity index (χ1n) is 10.4. The predicted octanol–water partition coefficient (Wildman–Crippen LogP) is 2.92. The third kappa shape index (κ3) is 4.11. The van der Waals surface area contributed by atoms with E-state index in [0.717, 1.165) is 51.0 Å². The van der Waals surface area contributed by atoms with Crippen molar-refractivity contribution in [3.63, 3.8) is 0 Å². The molecule has 0 N–H and O–H groups in total. The van der Waals surface area contributed by atoms with Gasteiger partial charge in [0.15, 0.2) is 0 Å². The Kier molecular flexibility index (Phi) is 5.89. The Morgan fingerprint density at radius 3 is 2.23 bits per heavy atom. The highest BCUT2D eigenvalue weighted by Crippen LogP contribution is 2.43. The molecule has 3 fully saturated rings. The monoisotopic (exact) mass is 447 g/mol. The molecule has 0 spiro atoms. The number of halogens is 3. The first-order chi connectivity index (χ1) is 14.1. The van der Waals surface area contributed by atoms with Crippen LogP contribution in [0.1, 0.15) is 37.1 Å². The molecule has 6 nitrogen and oxygen atoms in total. The number of hydrogen-bond acceptors (Lipinski definition) is 5. The van der Waals surface area contributed by atoms with Crippen LogP contribution in [0.4, 0.5) is 13.2 Å². The van der Waals surface area contributed by atoms with Crippen molar-refractivity contribution >= 4 is 10.0 Å². The first-order valence-corrected chi connectivity index (χ1v) is 11.9. The number of sulfonamides is 1. The molecule has 0 radical (unpaired) electrons. The zero-order valence-corrected chi connectivity index (χ0v) is 18.0. The van der Waals surface area contributed by atoms with E-state index in [1.807, 2.05) is 0 Å². The van der Waals surface area contributed by atoms with Gasteiger partial charge in [-0.15, -0.1) is 0 Å². The van der Waals surface area contributed by atoms with Crippen LogP contribution in [-0.2, 0) is 20.9 Å². The molecule has 30 heavy (non-hydrogen) atoms. The second-order valence-corrected chi connectivity index (χ2v) is 10.7. The molecule has 0 aromatic carbocycles. The van der Waals surface area contributed by atoms with Gasteiger partial charge in [-0.3, -0.25) is 0 Å². The van der Waals surface area contributed by atoms with Gasteiger partial charge >= 0.3 is 6.18 Å². The zero-order chi connectivity index (χ0) is 21.7. The molecule has 1 aromatic heterocycles. The first kappa shape index (κ1) is 22.0. The largest absolute Gasteiger partial charge is 0.433 e. The Morgan fingerprint density at radius 1 is 1.10 bits per heavy atom. The van der Waals surface area contributed by atoms with Gasteiger partial charge in [-0.1, -0.05) is 0 Å². The van der Waals surface area contributed by atoms with Gasteiger partial charge in [-0.25, -0.2) is 13.4 Å². The lowest BCUT2D eigenvalue weighted by Gasteiger charge is -2.36. The SMILES string of the molecule is Cc1nc(C(F)(F)F)ccc1S(=O)(=O)N1CC2CC(N(C)C3CCOCC3)CC2C1. The van der Waals surface area contributed by atoms with Crippen molar-refractivity contribution in [2.75, 3.05) is 33.4 Å². The Hall–Kier alpha value is -1.23. The molecule has 1 aromatic rings. The van der Waals surface area contributed by atoms with Gasteiger partial charge in [0.2, 0.25) is 10.0 Å². The number of hydrogen-bond donors (Lipinski definition) is 0. The van der Waals surface area contributed by atoms with E-state index < -0.39 is 21.9 Å². The van der Waals surface area contributed by atoms with E-state index in [4.69, 9.17) is 4.74 Å². The number of pyridine rings is 1. The third-order valence-electron chi connectivity index (χ3n) is 6.98. The maximum absolute atomic E-state index is 13.1. The quantitative estimate of drug-likeness (QED) is 0.710. The third-order valence-corrected chi connectivity index (χ3v) is 8.95. The Morgan fingerprint density at radius 2 is 1.70 bits per heavy atom. The highest BCUT2D eigenvalue weighted by molar-refractivity contribution is 7.89. The Bertz CT molecular complexity index is 873. The van der Waals surface area contributed by atoms with Crippen molar-refractivity contribution in [1.82, 2.24) is 14.2 Å². The number of fused-ring (bicyclic) bond motifs is 1. The van der Waals surface area contributed by atoms with Crippen molar-refractivity contribution in [2.45, 2.75) is 55.8 Å². The van der Waals surface area contributed by atoms with Crippen LogP contribution in [0.2, 0.25) is 0 Å². The summed E-state index contributed by atoms with van der Waals surface area (Å²) in [4.78, 5) is 5.81. The highest BCUT2D eigenvalue weighted by Gasteiger charge is 2.47. The molecule has 3 aliphatic rings. The number of aryl methyl sites for hydroxylation is 1. The van der Waals surface area contributed by atoms with E-state index in [9.17, 15) is 21.6 Å². The molecule has 1 saturated carbocycles. The van der Waals surface area contributed by atoms with Gasteiger partial charge in [-0.2, -0.15) is 17.5 Å². The van der Waals surface area contributed by atoms with Gasteiger partial charge in [0.05, 0.1) is 5.69 Å². The molecule has 168 valence electrons. The lowest BCUT2D eigenvalue weighted by molar-refractivity contribution is -0.141. The molecule has 0 amide bonds. The average Bonchev–Trinajstić information content (AvgIpc) is 3.27. The summed E-state index contributed by atoms with van der Waals surface area (Å²) in [5, 5.41) is 0. The molecular weight excluding hydrogens is 419 g/mol. The molecule has 2 aliphatic heterocycles. The van der Waals surface area contributed by atoms with E-state index in [1.165, 1.54) is 11.2 Å². The minimum Gasteiger partial charge on any atom is -0.381 e. The van der Waals surface area contributed by atoms with Crippen molar-refractivity contribution in [3.8, 4) is 0 Å². The molecule has 1 aliphatic carbocycles. The molecule has 3 heterocycles. The minimum atomic E-state index is -4.59. The fourth-order valence-corrected chi connectivity index (χ4v) is 6.97. The van der Waals surface area contributed by atoms with Crippen LogP contribution >= 0.6 is 0 Å². The van der Waals surface area contributed by atoms with Crippen molar-refractivity contribution in [3.05, 3.63) is 23.5 Å². The van der Waals surface area contributed by atoms with Crippen LogP contribution in [0.25, 0.3) is 0 Å². The van der Waals surface area contributed by atoms with E-state index in [1.54, 1.807) is 0 Å². The number of aromatic nitrogens is 1. The number of nitrogens with zero attached hydrogens (tertiary/aromatic N) is 3. The van der Waals surface area contributed by atoms with Gasteiger partial charge in [0.1, 0.15) is 10.6 Å². The molecule has 10 heteroatoms. The smallest absolute Gasteiger partial charge is 0.381 e. The van der Waals surface area contributed by atoms with Crippen LogP contribution in [0.5, 0.6) is 0 Å². The zero-order valence-electron chi connectivity index (χ0n) is 17.2. The number of rotatable bonds is 4. The van der Waals surface area contributed by atoms with Crippen LogP contribution in [0, 0.1) is 18.8 Å². The number of alkyl halides is 3. The molecule has 0 bridgehead atoms. The lowest BCUT2D eigenvalue weighted by Crippen LogP contribution is -2.43. The Balaban J connectivity index is 1.43. The van der Waals surface area contributed by atoms with E-state index in [2.05, 4.69) is 16.9 Å². The summed E-state index contributed by atoms with van der Waals surface area (Å²) in [7, 11) is -1.70. The van der Waals surface area contributed by atoms with Crippen molar-refractivity contribution in [1.29, 1.82) is 0 Å². The summed E-state index contributed by atoms with van der Waals surface area (Å²) in [6, 6.07) is 2.75. The maximum Gasteiger partial charge on any atom is 0.433 e.